The van der Waals surface area contributed by atoms with Crippen LogP contribution in [0.5, 0.6) is 5.75 Å². The first-order valence-corrected chi connectivity index (χ1v) is 2.13. The Morgan fingerprint density at radius 3 is 1.75 bits per heavy atom. The summed E-state index contributed by atoms with van der Waals surface area (Å²) in [6, 6.07) is 8.71. The van der Waals surface area contributed by atoms with E-state index in [1.807, 2.05) is 6.07 Å². The molecule has 1 aromatic carbocycles. The molecule has 8 heavy (non-hydrogen) atoms. The normalized spacial score (nSPS) is 7.50. The molecule has 0 saturated heterocycles. The Morgan fingerprint density at radius 2 is 1.50 bits per heavy atom. The van der Waals surface area contributed by atoms with Gasteiger partial charge in [-0.15, -0.1) is 0 Å². The van der Waals surface area contributed by atoms with Crippen LogP contribution in [0.25, 0.3) is 0 Å². The van der Waals surface area contributed by atoms with Gasteiger partial charge in [0.15, 0.2) is 0 Å². The molecule has 1 N–H and O–H groups in total. The Hall–Kier alpha value is -0.461. The van der Waals surface area contributed by atoms with Gasteiger partial charge in [-0.05, 0) is 12.1 Å². The summed E-state index contributed by atoms with van der Waals surface area (Å²) in [7, 11) is 0. The topological polar surface area (TPSA) is 20.2 Å². The molecule has 0 spiro atoms. The van der Waals surface area contributed by atoms with Gasteiger partial charge in [0.05, 0.1) is 0 Å². The molecule has 1 radical (unpaired) electrons. The van der Waals surface area contributed by atoms with Gasteiger partial charge in [0.1, 0.15) is 5.75 Å². The summed E-state index contributed by atoms with van der Waals surface area (Å²) in [5.41, 5.74) is 0. The molecular formula is C6H6MnO+2. The van der Waals surface area contributed by atoms with Crippen LogP contribution in [-0.2, 0) is 17.1 Å². The maximum Gasteiger partial charge on any atom is 2.00 e. The number of hydrogen-bond donors (Lipinski definition) is 1. The number of para-hydroxylation sites is 1. The quantitative estimate of drug-likeness (QED) is 0.552. The van der Waals surface area contributed by atoms with Crippen molar-refractivity contribution in [1.82, 2.24) is 0 Å². The van der Waals surface area contributed by atoms with E-state index >= 15 is 0 Å². The molecule has 1 aromatic rings. The van der Waals surface area contributed by atoms with Crippen molar-refractivity contribution >= 4 is 0 Å². The van der Waals surface area contributed by atoms with E-state index in [1.54, 1.807) is 24.3 Å². The Bertz CT molecular complexity index is 138. The molecule has 0 fully saturated rings. The maximum absolute atomic E-state index is 8.63. The molecule has 0 unspecified atom stereocenters. The summed E-state index contributed by atoms with van der Waals surface area (Å²) in [6.07, 6.45) is 0. The van der Waals surface area contributed by atoms with Crippen LogP contribution < -0.4 is 0 Å². The van der Waals surface area contributed by atoms with E-state index in [4.69, 9.17) is 5.11 Å². The fourth-order valence-electron chi connectivity index (χ4n) is 0.428. The van der Waals surface area contributed by atoms with Crippen molar-refractivity contribution in [3.05, 3.63) is 30.3 Å². The van der Waals surface area contributed by atoms with Crippen LogP contribution in [0.15, 0.2) is 30.3 Å². The molecule has 0 bridgehead atoms. The predicted octanol–water partition coefficient (Wildman–Crippen LogP) is 1.39. The van der Waals surface area contributed by atoms with E-state index in [1.165, 1.54) is 0 Å². The zero-order valence-corrected chi connectivity index (χ0v) is 5.39. The van der Waals surface area contributed by atoms with Crippen LogP contribution in [0, 0.1) is 0 Å². The largest absolute Gasteiger partial charge is 2.00 e. The SMILES string of the molecule is Oc1ccccc1.[Mn+2]. The van der Waals surface area contributed by atoms with Crippen molar-refractivity contribution in [1.29, 1.82) is 0 Å². The van der Waals surface area contributed by atoms with Gasteiger partial charge in [0.2, 0.25) is 0 Å². The molecule has 0 heterocycles. The zero-order valence-electron chi connectivity index (χ0n) is 4.21. The average molecular weight is 149 g/mol. The molecule has 1 nitrogen and oxygen atoms in total. The van der Waals surface area contributed by atoms with Crippen LogP contribution in [0.1, 0.15) is 0 Å². The molecule has 0 aromatic heterocycles. The monoisotopic (exact) mass is 149 g/mol. The molecule has 1 rings (SSSR count). The molecule has 0 aliphatic heterocycles. The second-order valence-electron chi connectivity index (χ2n) is 1.34. The Kier molecular flexibility index (Phi) is 3.33. The Labute approximate surface area is 58.8 Å². The number of benzene rings is 1. The van der Waals surface area contributed by atoms with Gasteiger partial charge < -0.3 is 5.11 Å². The second-order valence-corrected chi connectivity index (χ2v) is 1.34. The van der Waals surface area contributed by atoms with Crippen molar-refractivity contribution in [3.8, 4) is 5.75 Å². The number of phenols is 1. The smallest absolute Gasteiger partial charge is 0.508 e. The van der Waals surface area contributed by atoms with E-state index < -0.39 is 0 Å². The first-order valence-electron chi connectivity index (χ1n) is 2.13. The maximum atomic E-state index is 8.63. The number of phenolic OH excluding ortho intramolecular Hbond substituents is 1. The van der Waals surface area contributed by atoms with E-state index in [0.717, 1.165) is 0 Å². The van der Waals surface area contributed by atoms with Crippen molar-refractivity contribution in [2.45, 2.75) is 0 Å². The molecule has 0 atom stereocenters. The third-order valence-electron chi connectivity index (χ3n) is 0.756. The molecule has 0 aliphatic rings. The summed E-state index contributed by atoms with van der Waals surface area (Å²) in [5, 5.41) is 8.63. The van der Waals surface area contributed by atoms with Gasteiger partial charge in [0, 0.05) is 0 Å². The molecule has 0 amide bonds. The van der Waals surface area contributed by atoms with Crippen molar-refractivity contribution in [2.75, 3.05) is 0 Å². The third kappa shape index (κ3) is 2.01. The first kappa shape index (κ1) is 7.54. The molecule has 2 heteroatoms. The minimum Gasteiger partial charge on any atom is -0.508 e. The Morgan fingerprint density at radius 1 is 1.00 bits per heavy atom. The van der Waals surface area contributed by atoms with Gasteiger partial charge in [-0.1, -0.05) is 18.2 Å². The third-order valence-corrected chi connectivity index (χ3v) is 0.756. The van der Waals surface area contributed by atoms with Crippen LogP contribution in [0.2, 0.25) is 0 Å². The summed E-state index contributed by atoms with van der Waals surface area (Å²) < 4.78 is 0. The minimum absolute atomic E-state index is 0. The standard InChI is InChI=1S/C6H6O.Mn/c7-6-4-2-1-3-5-6;/h1-5,7H;/q;+2. The van der Waals surface area contributed by atoms with E-state index in [9.17, 15) is 0 Å². The molecular weight excluding hydrogens is 143 g/mol. The van der Waals surface area contributed by atoms with Gasteiger partial charge in [-0.2, -0.15) is 0 Å². The number of rotatable bonds is 0. The van der Waals surface area contributed by atoms with Crippen LogP contribution in [-0.4, -0.2) is 5.11 Å². The number of hydrogen-bond acceptors (Lipinski definition) is 1. The second kappa shape index (κ2) is 3.53. The molecule has 0 saturated carbocycles. The molecule has 0 aliphatic carbocycles. The Balaban J connectivity index is 0.000000490. The average Bonchev–Trinajstić information content (AvgIpc) is 1.69. The van der Waals surface area contributed by atoms with Gasteiger partial charge >= 0.3 is 17.1 Å². The first-order chi connectivity index (χ1) is 3.39. The van der Waals surface area contributed by atoms with Crippen LogP contribution in [0.3, 0.4) is 0 Å². The van der Waals surface area contributed by atoms with E-state index in [0.29, 0.717) is 5.75 Å². The molecule has 41 valence electrons. The van der Waals surface area contributed by atoms with Crippen LogP contribution in [0.4, 0.5) is 0 Å². The minimum atomic E-state index is 0. The van der Waals surface area contributed by atoms with Gasteiger partial charge in [-0.3, -0.25) is 0 Å². The van der Waals surface area contributed by atoms with Crippen LogP contribution >= 0.6 is 0 Å². The van der Waals surface area contributed by atoms with Crippen molar-refractivity contribution < 1.29 is 22.2 Å². The van der Waals surface area contributed by atoms with Gasteiger partial charge in [0.25, 0.3) is 0 Å². The predicted molar refractivity (Wildman–Crippen MR) is 28.1 cm³/mol. The summed E-state index contributed by atoms with van der Waals surface area (Å²) in [4.78, 5) is 0. The fraction of sp³-hybridized carbons (Fsp3) is 0. The zero-order chi connectivity index (χ0) is 5.11. The van der Waals surface area contributed by atoms with Gasteiger partial charge in [-0.25, -0.2) is 0 Å². The van der Waals surface area contributed by atoms with E-state index in [-0.39, 0.29) is 17.1 Å². The van der Waals surface area contributed by atoms with Crippen molar-refractivity contribution in [2.24, 2.45) is 0 Å². The summed E-state index contributed by atoms with van der Waals surface area (Å²) in [6.45, 7) is 0. The fourth-order valence-corrected chi connectivity index (χ4v) is 0.428. The van der Waals surface area contributed by atoms with E-state index in [2.05, 4.69) is 0 Å². The summed E-state index contributed by atoms with van der Waals surface area (Å²) in [5.74, 6) is 0.322. The van der Waals surface area contributed by atoms with Crippen molar-refractivity contribution in [3.63, 3.8) is 0 Å². The number of aromatic hydroxyl groups is 1. The summed E-state index contributed by atoms with van der Waals surface area (Å²) >= 11 is 0.